The number of aromatic nitrogens is 5. The summed E-state index contributed by atoms with van der Waals surface area (Å²) in [6, 6.07) is 20.1. The lowest BCUT2D eigenvalue weighted by Crippen LogP contribution is -2.22. The van der Waals surface area contributed by atoms with Gasteiger partial charge in [-0.25, -0.2) is 9.97 Å². The highest BCUT2D eigenvalue weighted by atomic mass is 35.5. The zero-order valence-corrected chi connectivity index (χ0v) is 17.5. The van der Waals surface area contributed by atoms with Crippen LogP contribution < -0.4 is 5.56 Å². The third-order valence-corrected chi connectivity index (χ3v) is 5.69. The summed E-state index contributed by atoms with van der Waals surface area (Å²) in [4.78, 5) is 26.5. The van der Waals surface area contributed by atoms with Gasteiger partial charge in [0.15, 0.2) is 16.5 Å². The van der Waals surface area contributed by atoms with Crippen LogP contribution in [0.2, 0.25) is 5.02 Å². The molecule has 0 bridgehead atoms. The molecule has 3 aromatic heterocycles. The Hall–Kier alpha value is -3.49. The molecule has 0 saturated carbocycles. The maximum Gasteiger partial charge on any atom is 0.285 e. The predicted molar refractivity (Wildman–Crippen MR) is 119 cm³/mol. The normalized spacial score (nSPS) is 11.1. The molecule has 5 aromatic rings. The molecule has 0 fully saturated rings. The summed E-state index contributed by atoms with van der Waals surface area (Å²) in [5.74, 6) is 1.33. The minimum Gasteiger partial charge on any atom is -0.334 e. The molecule has 7 nitrogen and oxygen atoms in total. The second-order valence-electron chi connectivity index (χ2n) is 6.55. The monoisotopic (exact) mass is 447 g/mol. The molecular weight excluding hydrogens is 434 g/mol. The lowest BCUT2D eigenvalue weighted by molar-refractivity contribution is 0.425. The fourth-order valence-electron chi connectivity index (χ4n) is 3.05. The fourth-order valence-corrected chi connectivity index (χ4v) is 4.03. The van der Waals surface area contributed by atoms with E-state index in [2.05, 4.69) is 20.1 Å². The Labute approximate surface area is 185 Å². The number of pyridine rings is 1. The first-order valence-corrected chi connectivity index (χ1v) is 10.7. The van der Waals surface area contributed by atoms with Gasteiger partial charge in [0.1, 0.15) is 0 Å². The third-order valence-electron chi connectivity index (χ3n) is 4.50. The molecule has 0 radical (unpaired) electrons. The molecule has 2 aromatic carbocycles. The Morgan fingerprint density at radius 2 is 1.77 bits per heavy atom. The molecule has 0 aliphatic rings. The van der Waals surface area contributed by atoms with Crippen molar-refractivity contribution in [1.29, 1.82) is 0 Å². The second kappa shape index (κ2) is 8.33. The number of rotatable bonds is 5. The Kier molecular flexibility index (Phi) is 5.23. The second-order valence-corrected chi connectivity index (χ2v) is 7.93. The molecule has 0 aliphatic heterocycles. The molecule has 3 heterocycles. The topological polar surface area (TPSA) is 86.7 Å². The van der Waals surface area contributed by atoms with E-state index in [4.69, 9.17) is 16.1 Å². The van der Waals surface area contributed by atoms with Crippen LogP contribution in [-0.4, -0.2) is 24.7 Å². The molecule has 0 saturated heterocycles. The van der Waals surface area contributed by atoms with Gasteiger partial charge in [-0.2, -0.15) is 4.98 Å². The van der Waals surface area contributed by atoms with Gasteiger partial charge in [-0.05, 0) is 48.5 Å². The van der Waals surface area contributed by atoms with Gasteiger partial charge in [0.05, 0.1) is 17.0 Å². The summed E-state index contributed by atoms with van der Waals surface area (Å²) in [5.41, 5.74) is 2.06. The van der Waals surface area contributed by atoms with Crippen molar-refractivity contribution >= 4 is 34.4 Å². The minimum atomic E-state index is -0.256. The van der Waals surface area contributed by atoms with Crippen LogP contribution in [0.1, 0.15) is 5.82 Å². The van der Waals surface area contributed by atoms with Gasteiger partial charge in [-0.3, -0.25) is 9.36 Å². The van der Waals surface area contributed by atoms with Crippen LogP contribution in [0.3, 0.4) is 0 Å². The number of nitrogens with zero attached hydrogens (tertiary/aromatic N) is 5. The van der Waals surface area contributed by atoms with Crippen LogP contribution in [0.15, 0.2) is 87.4 Å². The van der Waals surface area contributed by atoms with Crippen LogP contribution in [-0.2, 0) is 5.75 Å². The maximum atomic E-state index is 13.2. The van der Waals surface area contributed by atoms with Crippen LogP contribution in [0.25, 0.3) is 28.2 Å². The average molecular weight is 448 g/mol. The highest BCUT2D eigenvalue weighted by Crippen LogP contribution is 2.25. The Morgan fingerprint density at radius 1 is 0.968 bits per heavy atom. The highest BCUT2D eigenvalue weighted by Gasteiger charge is 2.16. The largest absolute Gasteiger partial charge is 0.334 e. The molecule has 0 atom stereocenters. The van der Waals surface area contributed by atoms with Crippen LogP contribution >= 0.6 is 23.4 Å². The van der Waals surface area contributed by atoms with Crippen molar-refractivity contribution in [2.24, 2.45) is 0 Å². The van der Waals surface area contributed by atoms with Gasteiger partial charge < -0.3 is 4.52 Å². The number of thioether (sulfide) groups is 1. The SMILES string of the molecule is O=c1c2ncccc2nc(SCc2noc(-c3ccccc3)n2)n1-c1ccc(Cl)cc1. The van der Waals surface area contributed by atoms with Crippen molar-refractivity contribution < 1.29 is 4.52 Å². The lowest BCUT2D eigenvalue weighted by atomic mass is 10.2. The minimum absolute atomic E-state index is 0.256. The zero-order chi connectivity index (χ0) is 21.2. The quantitative estimate of drug-likeness (QED) is 0.283. The molecule has 0 spiro atoms. The van der Waals surface area contributed by atoms with Gasteiger partial charge in [0.2, 0.25) is 0 Å². The van der Waals surface area contributed by atoms with E-state index < -0.39 is 0 Å². The van der Waals surface area contributed by atoms with Crippen LogP contribution in [0, 0.1) is 0 Å². The maximum absolute atomic E-state index is 13.2. The van der Waals surface area contributed by atoms with Gasteiger partial charge in [-0.15, -0.1) is 0 Å². The predicted octanol–water partition coefficient (Wildman–Crippen LogP) is 4.78. The van der Waals surface area contributed by atoms with E-state index in [0.717, 1.165) is 5.56 Å². The number of fused-ring (bicyclic) bond motifs is 1. The molecule has 5 rings (SSSR count). The summed E-state index contributed by atoms with van der Waals surface area (Å²) in [6.07, 6.45) is 1.58. The van der Waals surface area contributed by atoms with E-state index in [1.54, 1.807) is 42.6 Å². The summed E-state index contributed by atoms with van der Waals surface area (Å²) in [5, 5.41) is 5.14. The molecule has 152 valence electrons. The molecule has 0 N–H and O–H groups in total. The highest BCUT2D eigenvalue weighted by molar-refractivity contribution is 7.98. The summed E-state index contributed by atoms with van der Waals surface area (Å²) in [6.45, 7) is 0. The molecule has 0 unspecified atom stereocenters. The molecule has 0 amide bonds. The van der Waals surface area contributed by atoms with Gasteiger partial charge in [0, 0.05) is 16.8 Å². The van der Waals surface area contributed by atoms with E-state index in [9.17, 15) is 4.79 Å². The zero-order valence-electron chi connectivity index (χ0n) is 16.0. The smallest absolute Gasteiger partial charge is 0.285 e. The van der Waals surface area contributed by atoms with E-state index in [1.165, 1.54) is 16.3 Å². The van der Waals surface area contributed by atoms with Crippen LogP contribution in [0.4, 0.5) is 0 Å². The first kappa shape index (κ1) is 19.5. The lowest BCUT2D eigenvalue weighted by Gasteiger charge is -2.12. The Morgan fingerprint density at radius 3 is 2.58 bits per heavy atom. The average Bonchev–Trinajstić information content (AvgIpc) is 3.28. The van der Waals surface area contributed by atoms with E-state index in [-0.39, 0.29) is 5.56 Å². The van der Waals surface area contributed by atoms with E-state index in [1.807, 2.05) is 30.3 Å². The summed E-state index contributed by atoms with van der Waals surface area (Å²) < 4.78 is 6.90. The van der Waals surface area contributed by atoms with E-state index >= 15 is 0 Å². The molecular formula is C22H14ClN5O2S. The Bertz CT molecular complexity index is 1420. The van der Waals surface area contributed by atoms with E-state index in [0.29, 0.717) is 44.4 Å². The summed E-state index contributed by atoms with van der Waals surface area (Å²) in [7, 11) is 0. The van der Waals surface area contributed by atoms with Crippen molar-refractivity contribution in [3.63, 3.8) is 0 Å². The number of hydrogen-bond acceptors (Lipinski definition) is 7. The fraction of sp³-hybridized carbons (Fsp3) is 0.0455. The van der Waals surface area contributed by atoms with Gasteiger partial charge in [0.25, 0.3) is 11.4 Å². The first-order valence-electron chi connectivity index (χ1n) is 9.33. The van der Waals surface area contributed by atoms with Crippen molar-refractivity contribution in [2.75, 3.05) is 0 Å². The molecule has 31 heavy (non-hydrogen) atoms. The number of halogens is 1. The summed E-state index contributed by atoms with van der Waals surface area (Å²) >= 11 is 7.36. The first-order chi connectivity index (χ1) is 15.2. The van der Waals surface area contributed by atoms with Crippen molar-refractivity contribution in [3.05, 3.63) is 94.1 Å². The number of hydrogen-bond donors (Lipinski definition) is 0. The van der Waals surface area contributed by atoms with Gasteiger partial charge >= 0.3 is 0 Å². The van der Waals surface area contributed by atoms with Gasteiger partial charge in [-0.1, -0.05) is 46.7 Å². The third kappa shape index (κ3) is 3.95. The van der Waals surface area contributed by atoms with Crippen molar-refractivity contribution in [2.45, 2.75) is 10.9 Å². The molecule has 0 aliphatic carbocycles. The Balaban J connectivity index is 1.52. The number of benzene rings is 2. The van der Waals surface area contributed by atoms with Crippen LogP contribution in [0.5, 0.6) is 0 Å². The van der Waals surface area contributed by atoms with Crippen molar-refractivity contribution in [3.8, 4) is 17.1 Å². The van der Waals surface area contributed by atoms with Crippen molar-refractivity contribution in [1.82, 2.24) is 24.7 Å². The molecule has 9 heteroatoms. The standard InChI is InChI=1S/C22H14ClN5O2S/c23-15-8-10-16(11-9-15)28-21(29)19-17(7-4-12-24-19)25-22(28)31-13-18-26-20(30-27-18)14-5-2-1-3-6-14/h1-12H,13H2.